The molecule has 0 saturated heterocycles. The van der Waals surface area contributed by atoms with Crippen molar-refractivity contribution in [2.45, 2.75) is 26.3 Å². The van der Waals surface area contributed by atoms with Crippen LogP contribution in [-0.2, 0) is 11.3 Å². The van der Waals surface area contributed by atoms with Gasteiger partial charge in [0.05, 0.1) is 27.0 Å². The standard InChI is InChI=1S/C17H24N4O3/c1-12-10-19-21(17(12)20-16(22)5-4-8-18)11-13-6-7-14(23-2)15(9-13)24-3/h6-7,9-10H,4-5,8,11,18H2,1-3H3,(H,20,22). The van der Waals surface area contributed by atoms with Gasteiger partial charge in [0.25, 0.3) is 0 Å². The lowest BCUT2D eigenvalue weighted by Crippen LogP contribution is -2.17. The van der Waals surface area contributed by atoms with Crippen LogP contribution in [0.3, 0.4) is 0 Å². The molecule has 0 bridgehead atoms. The van der Waals surface area contributed by atoms with E-state index in [0.29, 0.717) is 43.2 Å². The van der Waals surface area contributed by atoms with Crippen molar-refractivity contribution in [1.82, 2.24) is 9.78 Å². The van der Waals surface area contributed by atoms with E-state index >= 15 is 0 Å². The Morgan fingerprint density at radius 1 is 1.29 bits per heavy atom. The Labute approximate surface area is 141 Å². The van der Waals surface area contributed by atoms with Crippen LogP contribution >= 0.6 is 0 Å². The fourth-order valence-electron chi connectivity index (χ4n) is 2.37. The number of ether oxygens (including phenoxy) is 2. The highest BCUT2D eigenvalue weighted by atomic mass is 16.5. The van der Waals surface area contributed by atoms with Crippen LogP contribution in [0.1, 0.15) is 24.0 Å². The molecule has 130 valence electrons. The van der Waals surface area contributed by atoms with E-state index in [1.807, 2.05) is 25.1 Å². The summed E-state index contributed by atoms with van der Waals surface area (Å²) < 4.78 is 12.3. The molecule has 0 atom stereocenters. The van der Waals surface area contributed by atoms with Crippen LogP contribution in [-0.4, -0.2) is 36.5 Å². The first-order valence-corrected chi connectivity index (χ1v) is 7.82. The summed E-state index contributed by atoms with van der Waals surface area (Å²) in [4.78, 5) is 12.0. The number of nitrogens with zero attached hydrogens (tertiary/aromatic N) is 2. The Morgan fingerprint density at radius 3 is 2.71 bits per heavy atom. The molecule has 7 nitrogen and oxygen atoms in total. The average Bonchev–Trinajstić information content (AvgIpc) is 2.93. The summed E-state index contributed by atoms with van der Waals surface area (Å²) in [6.45, 7) is 2.93. The molecule has 0 radical (unpaired) electrons. The number of methoxy groups -OCH3 is 2. The zero-order valence-corrected chi connectivity index (χ0v) is 14.3. The van der Waals surface area contributed by atoms with Gasteiger partial charge in [-0.2, -0.15) is 5.10 Å². The normalized spacial score (nSPS) is 10.5. The van der Waals surface area contributed by atoms with Gasteiger partial charge in [0.2, 0.25) is 5.91 Å². The molecule has 0 fully saturated rings. The monoisotopic (exact) mass is 332 g/mol. The van der Waals surface area contributed by atoms with Crippen molar-refractivity contribution in [3.05, 3.63) is 35.5 Å². The largest absolute Gasteiger partial charge is 0.493 e. The second-order valence-corrected chi connectivity index (χ2v) is 5.46. The van der Waals surface area contributed by atoms with E-state index in [1.54, 1.807) is 25.1 Å². The first kappa shape index (κ1) is 17.8. The van der Waals surface area contributed by atoms with Crippen molar-refractivity contribution in [3.8, 4) is 11.5 Å². The molecular weight excluding hydrogens is 308 g/mol. The third-order valence-corrected chi connectivity index (χ3v) is 3.67. The van der Waals surface area contributed by atoms with Crippen molar-refractivity contribution in [1.29, 1.82) is 0 Å². The summed E-state index contributed by atoms with van der Waals surface area (Å²) in [6.07, 6.45) is 2.80. The van der Waals surface area contributed by atoms with Crippen LogP contribution in [0.25, 0.3) is 0 Å². The maximum absolute atomic E-state index is 12.0. The molecule has 0 unspecified atom stereocenters. The van der Waals surface area contributed by atoms with Crippen LogP contribution in [0.15, 0.2) is 24.4 Å². The first-order valence-electron chi connectivity index (χ1n) is 7.82. The third-order valence-electron chi connectivity index (χ3n) is 3.67. The molecule has 1 aromatic heterocycles. The number of amides is 1. The molecule has 0 spiro atoms. The second-order valence-electron chi connectivity index (χ2n) is 5.46. The van der Waals surface area contributed by atoms with Gasteiger partial charge in [-0.05, 0) is 37.6 Å². The number of hydrogen-bond acceptors (Lipinski definition) is 5. The van der Waals surface area contributed by atoms with Gasteiger partial charge >= 0.3 is 0 Å². The van der Waals surface area contributed by atoms with Crippen LogP contribution in [0.2, 0.25) is 0 Å². The Balaban J connectivity index is 2.17. The van der Waals surface area contributed by atoms with E-state index in [-0.39, 0.29) is 5.91 Å². The van der Waals surface area contributed by atoms with Gasteiger partial charge in [-0.15, -0.1) is 0 Å². The van der Waals surface area contributed by atoms with E-state index in [9.17, 15) is 4.79 Å². The molecule has 1 heterocycles. The van der Waals surface area contributed by atoms with Crippen molar-refractivity contribution < 1.29 is 14.3 Å². The van der Waals surface area contributed by atoms with Gasteiger partial charge in [-0.25, -0.2) is 4.68 Å². The number of carbonyl (C=O) groups excluding carboxylic acids is 1. The zero-order chi connectivity index (χ0) is 17.5. The molecule has 0 saturated carbocycles. The Hall–Kier alpha value is -2.54. The Morgan fingerprint density at radius 2 is 2.04 bits per heavy atom. The van der Waals surface area contributed by atoms with Gasteiger partial charge in [0.15, 0.2) is 11.5 Å². The van der Waals surface area contributed by atoms with Gasteiger partial charge in [0.1, 0.15) is 5.82 Å². The van der Waals surface area contributed by atoms with Gasteiger partial charge in [-0.1, -0.05) is 6.07 Å². The molecule has 0 aliphatic carbocycles. The quantitative estimate of drug-likeness (QED) is 0.771. The highest BCUT2D eigenvalue weighted by molar-refractivity contribution is 5.90. The molecule has 7 heteroatoms. The molecular formula is C17H24N4O3. The number of nitrogens with one attached hydrogen (secondary N) is 1. The molecule has 0 aliphatic heterocycles. The van der Waals surface area contributed by atoms with Gasteiger partial charge in [0, 0.05) is 12.0 Å². The number of aryl methyl sites for hydroxylation is 1. The Kier molecular flexibility index (Phi) is 6.20. The summed E-state index contributed by atoms with van der Waals surface area (Å²) in [7, 11) is 3.20. The highest BCUT2D eigenvalue weighted by Gasteiger charge is 2.12. The lowest BCUT2D eigenvalue weighted by Gasteiger charge is -2.12. The number of rotatable bonds is 8. The lowest BCUT2D eigenvalue weighted by molar-refractivity contribution is -0.116. The van der Waals surface area contributed by atoms with Crippen LogP contribution in [0, 0.1) is 6.92 Å². The molecule has 1 amide bonds. The zero-order valence-electron chi connectivity index (χ0n) is 14.3. The van der Waals surface area contributed by atoms with Crippen molar-refractivity contribution >= 4 is 11.7 Å². The minimum atomic E-state index is -0.0578. The number of aromatic nitrogens is 2. The van der Waals surface area contributed by atoms with Crippen molar-refractivity contribution in [2.24, 2.45) is 5.73 Å². The van der Waals surface area contributed by atoms with Crippen molar-refractivity contribution in [3.63, 3.8) is 0 Å². The highest BCUT2D eigenvalue weighted by Crippen LogP contribution is 2.28. The predicted molar refractivity (Wildman–Crippen MR) is 92.5 cm³/mol. The summed E-state index contributed by atoms with van der Waals surface area (Å²) in [5.74, 6) is 1.98. The SMILES string of the molecule is COc1ccc(Cn2ncc(C)c2NC(=O)CCCN)cc1OC. The number of hydrogen-bond donors (Lipinski definition) is 2. The third kappa shape index (κ3) is 4.26. The minimum absolute atomic E-state index is 0.0578. The molecule has 2 aromatic rings. The summed E-state index contributed by atoms with van der Waals surface area (Å²) in [5, 5.41) is 7.26. The number of benzene rings is 1. The number of nitrogens with two attached hydrogens (primary N) is 1. The first-order chi connectivity index (χ1) is 11.6. The van der Waals surface area contributed by atoms with E-state index in [1.165, 1.54) is 0 Å². The second kappa shape index (κ2) is 8.35. The van der Waals surface area contributed by atoms with Gasteiger partial charge < -0.3 is 20.5 Å². The predicted octanol–water partition coefficient (Wildman–Crippen LogP) is 1.93. The smallest absolute Gasteiger partial charge is 0.225 e. The molecule has 3 N–H and O–H groups in total. The number of anilines is 1. The van der Waals surface area contributed by atoms with Crippen LogP contribution < -0.4 is 20.5 Å². The van der Waals surface area contributed by atoms with Crippen LogP contribution in [0.4, 0.5) is 5.82 Å². The summed E-state index contributed by atoms with van der Waals surface area (Å²) in [6, 6.07) is 5.69. The fourth-order valence-corrected chi connectivity index (χ4v) is 2.37. The average molecular weight is 332 g/mol. The molecule has 1 aromatic carbocycles. The maximum Gasteiger partial charge on any atom is 0.225 e. The fraction of sp³-hybridized carbons (Fsp3) is 0.412. The molecule has 24 heavy (non-hydrogen) atoms. The van der Waals surface area contributed by atoms with Crippen LogP contribution in [0.5, 0.6) is 11.5 Å². The van der Waals surface area contributed by atoms with Crippen molar-refractivity contribution in [2.75, 3.05) is 26.1 Å². The van der Waals surface area contributed by atoms with E-state index in [4.69, 9.17) is 15.2 Å². The summed E-state index contributed by atoms with van der Waals surface area (Å²) >= 11 is 0. The van der Waals surface area contributed by atoms with Gasteiger partial charge in [-0.3, -0.25) is 4.79 Å². The molecule has 0 aliphatic rings. The summed E-state index contributed by atoms with van der Waals surface area (Å²) in [5.41, 5.74) is 7.35. The van der Waals surface area contributed by atoms with E-state index in [2.05, 4.69) is 10.4 Å². The Bertz CT molecular complexity index is 697. The van der Waals surface area contributed by atoms with E-state index < -0.39 is 0 Å². The molecule has 2 rings (SSSR count). The van der Waals surface area contributed by atoms with E-state index in [0.717, 1.165) is 11.1 Å². The topological polar surface area (TPSA) is 91.4 Å². The number of carbonyl (C=O) groups is 1. The lowest BCUT2D eigenvalue weighted by atomic mass is 10.2. The minimum Gasteiger partial charge on any atom is -0.493 e. The maximum atomic E-state index is 12.0.